The van der Waals surface area contributed by atoms with Crippen LogP contribution in [-0.4, -0.2) is 36.0 Å². The molecule has 0 saturated heterocycles. The highest BCUT2D eigenvalue weighted by Crippen LogP contribution is 2.42. The molecule has 2 N–H and O–H groups in total. The first kappa shape index (κ1) is 30.2. The SMILES string of the molecule is O=C(O)COc1ccc(Sc2ccc(COc3ccc(C(F)(F)F)cc3)cc2OCC#CCCO)c2c1CCCC2. The largest absolute Gasteiger partial charge is 0.489 e. The van der Waals surface area contributed by atoms with Crippen molar-refractivity contribution in [2.75, 3.05) is 19.8 Å². The van der Waals surface area contributed by atoms with Crippen molar-refractivity contribution < 1.29 is 42.4 Å². The number of rotatable bonds is 11. The van der Waals surface area contributed by atoms with E-state index in [1.165, 1.54) is 23.9 Å². The molecule has 1 aliphatic rings. The molecule has 0 unspecified atom stereocenters. The number of carboxylic acids is 1. The topological polar surface area (TPSA) is 85.2 Å². The minimum atomic E-state index is -4.41. The number of carbonyl (C=O) groups is 1. The summed E-state index contributed by atoms with van der Waals surface area (Å²) in [6.07, 6.45) is -0.392. The summed E-state index contributed by atoms with van der Waals surface area (Å²) in [6, 6.07) is 13.9. The Morgan fingerprint density at radius 3 is 2.32 bits per heavy atom. The Kier molecular flexibility index (Phi) is 10.4. The van der Waals surface area contributed by atoms with Gasteiger partial charge in [-0.1, -0.05) is 29.7 Å². The Hall–Kier alpha value is -3.81. The Morgan fingerprint density at radius 2 is 1.61 bits per heavy atom. The van der Waals surface area contributed by atoms with Gasteiger partial charge in [0.1, 0.15) is 30.5 Å². The third-order valence-electron chi connectivity index (χ3n) is 6.28. The molecule has 10 heteroatoms. The molecule has 0 amide bonds. The van der Waals surface area contributed by atoms with Crippen LogP contribution in [0, 0.1) is 11.8 Å². The van der Waals surface area contributed by atoms with Crippen LogP contribution in [0.2, 0.25) is 0 Å². The number of benzene rings is 3. The zero-order valence-electron chi connectivity index (χ0n) is 22.1. The van der Waals surface area contributed by atoms with Gasteiger partial charge in [0, 0.05) is 11.3 Å². The minimum Gasteiger partial charge on any atom is -0.489 e. The summed E-state index contributed by atoms with van der Waals surface area (Å²) in [5, 5.41) is 18.0. The van der Waals surface area contributed by atoms with Gasteiger partial charge in [0.2, 0.25) is 0 Å². The van der Waals surface area contributed by atoms with Gasteiger partial charge in [0.05, 0.1) is 17.1 Å². The van der Waals surface area contributed by atoms with Crippen LogP contribution in [0.15, 0.2) is 64.4 Å². The van der Waals surface area contributed by atoms with Crippen molar-refractivity contribution >= 4 is 17.7 Å². The Morgan fingerprint density at radius 1 is 0.878 bits per heavy atom. The fourth-order valence-corrected chi connectivity index (χ4v) is 5.42. The van der Waals surface area contributed by atoms with Crippen molar-refractivity contribution in [3.05, 3.63) is 76.9 Å². The van der Waals surface area contributed by atoms with Gasteiger partial charge < -0.3 is 24.4 Å². The Labute approximate surface area is 240 Å². The predicted molar refractivity (Wildman–Crippen MR) is 148 cm³/mol. The van der Waals surface area contributed by atoms with Crippen molar-refractivity contribution in [1.29, 1.82) is 0 Å². The molecule has 0 spiro atoms. The highest BCUT2D eigenvalue weighted by atomic mass is 32.2. The fourth-order valence-electron chi connectivity index (χ4n) is 4.35. The average Bonchev–Trinajstić information content (AvgIpc) is 2.96. The number of halogens is 3. The molecule has 0 atom stereocenters. The maximum absolute atomic E-state index is 12.8. The molecule has 216 valence electrons. The lowest BCUT2D eigenvalue weighted by atomic mass is 9.91. The van der Waals surface area contributed by atoms with E-state index < -0.39 is 24.3 Å². The summed E-state index contributed by atoms with van der Waals surface area (Å²) in [4.78, 5) is 12.9. The molecule has 0 fully saturated rings. The van der Waals surface area contributed by atoms with E-state index in [4.69, 9.17) is 24.4 Å². The highest BCUT2D eigenvalue weighted by molar-refractivity contribution is 7.99. The molecule has 1 aliphatic carbocycles. The second-order valence-corrected chi connectivity index (χ2v) is 10.3. The maximum Gasteiger partial charge on any atom is 0.416 e. The number of aliphatic hydroxyl groups is 1. The summed E-state index contributed by atoms with van der Waals surface area (Å²) < 4.78 is 55.8. The molecule has 0 heterocycles. The van der Waals surface area contributed by atoms with Crippen LogP contribution in [0.25, 0.3) is 0 Å². The smallest absolute Gasteiger partial charge is 0.416 e. The molecule has 4 rings (SSSR count). The van der Waals surface area contributed by atoms with E-state index in [0.29, 0.717) is 23.7 Å². The maximum atomic E-state index is 12.8. The second kappa shape index (κ2) is 14.2. The van der Waals surface area contributed by atoms with Gasteiger partial charge in [-0.05, 0) is 90.9 Å². The third kappa shape index (κ3) is 8.59. The van der Waals surface area contributed by atoms with Gasteiger partial charge in [-0.25, -0.2) is 4.79 Å². The van der Waals surface area contributed by atoms with Gasteiger partial charge in [0.15, 0.2) is 6.61 Å². The quantitative estimate of drug-likeness (QED) is 0.247. The third-order valence-corrected chi connectivity index (χ3v) is 7.44. The van der Waals surface area contributed by atoms with Gasteiger partial charge >= 0.3 is 12.1 Å². The van der Waals surface area contributed by atoms with Crippen molar-refractivity contribution in [2.24, 2.45) is 0 Å². The first-order chi connectivity index (χ1) is 19.7. The number of ether oxygens (including phenoxy) is 3. The van der Waals surface area contributed by atoms with E-state index in [9.17, 15) is 18.0 Å². The van der Waals surface area contributed by atoms with Crippen LogP contribution >= 0.6 is 11.8 Å². The Balaban J connectivity index is 1.55. The van der Waals surface area contributed by atoms with Crippen molar-refractivity contribution in [2.45, 2.75) is 54.7 Å². The van der Waals surface area contributed by atoms with Crippen LogP contribution in [0.4, 0.5) is 13.2 Å². The summed E-state index contributed by atoms with van der Waals surface area (Å²) in [5.41, 5.74) is 2.17. The molecule has 3 aromatic carbocycles. The van der Waals surface area contributed by atoms with Gasteiger partial charge in [-0.3, -0.25) is 0 Å². The molecule has 0 bridgehead atoms. The number of aliphatic carboxylic acids is 1. The van der Waals surface area contributed by atoms with Crippen LogP contribution in [0.5, 0.6) is 17.2 Å². The standard InChI is InChI=1S/C31H29F3O6S/c32-31(33,34)22-9-11-23(12-10-22)39-19-21-8-14-29(27(18-21)38-17-5-1-4-16-35)41-28-15-13-26(40-20-30(36)37)24-6-2-3-7-25(24)28/h8-15,18,35H,2-4,6-7,16-17,19-20H2,(H,36,37). The van der Waals surface area contributed by atoms with E-state index >= 15 is 0 Å². The normalized spacial score (nSPS) is 12.6. The lowest BCUT2D eigenvalue weighted by Crippen LogP contribution is -2.13. The van der Waals surface area contributed by atoms with Gasteiger partial charge in [0.25, 0.3) is 0 Å². The summed E-state index contributed by atoms with van der Waals surface area (Å²) in [5.74, 6) is 6.14. The number of alkyl halides is 3. The number of hydrogen-bond acceptors (Lipinski definition) is 6. The lowest BCUT2D eigenvalue weighted by molar-refractivity contribution is -0.139. The fraction of sp³-hybridized carbons (Fsp3) is 0.323. The van der Waals surface area contributed by atoms with E-state index in [-0.39, 0.29) is 19.8 Å². The van der Waals surface area contributed by atoms with Crippen LogP contribution in [-0.2, 0) is 30.4 Å². The monoisotopic (exact) mass is 586 g/mol. The number of hydrogen-bond donors (Lipinski definition) is 2. The molecule has 0 aromatic heterocycles. The zero-order valence-corrected chi connectivity index (χ0v) is 22.9. The molecule has 41 heavy (non-hydrogen) atoms. The van der Waals surface area contributed by atoms with E-state index in [1.807, 2.05) is 30.3 Å². The number of fused-ring (bicyclic) bond motifs is 1. The first-order valence-corrected chi connectivity index (χ1v) is 13.9. The Bertz CT molecular complexity index is 1410. The zero-order chi connectivity index (χ0) is 29.2. The molecular formula is C31H29F3O6S. The predicted octanol–water partition coefficient (Wildman–Crippen LogP) is 6.54. The lowest BCUT2D eigenvalue weighted by Gasteiger charge is -2.22. The van der Waals surface area contributed by atoms with Gasteiger partial charge in [-0.15, -0.1) is 0 Å². The van der Waals surface area contributed by atoms with Gasteiger partial charge in [-0.2, -0.15) is 13.2 Å². The number of aliphatic hydroxyl groups excluding tert-OH is 1. The minimum absolute atomic E-state index is 0.0395. The van der Waals surface area contributed by atoms with Crippen molar-refractivity contribution in [1.82, 2.24) is 0 Å². The molecule has 0 aliphatic heterocycles. The summed E-state index contributed by atoms with van der Waals surface area (Å²) in [6.45, 7) is -0.211. The number of carboxylic acid groups (broad SMARTS) is 1. The van der Waals surface area contributed by atoms with Crippen LogP contribution < -0.4 is 14.2 Å². The van der Waals surface area contributed by atoms with E-state index in [1.54, 1.807) is 0 Å². The first-order valence-electron chi connectivity index (χ1n) is 13.0. The van der Waals surface area contributed by atoms with Crippen molar-refractivity contribution in [3.8, 4) is 29.1 Å². The molecule has 3 aromatic rings. The average molecular weight is 587 g/mol. The van der Waals surface area contributed by atoms with E-state index in [0.717, 1.165) is 64.3 Å². The molecular weight excluding hydrogens is 557 g/mol. The molecule has 0 radical (unpaired) electrons. The van der Waals surface area contributed by atoms with E-state index in [2.05, 4.69) is 11.8 Å². The molecule has 6 nitrogen and oxygen atoms in total. The molecule has 0 saturated carbocycles. The highest BCUT2D eigenvalue weighted by Gasteiger charge is 2.30. The van der Waals surface area contributed by atoms with Crippen molar-refractivity contribution in [3.63, 3.8) is 0 Å². The summed E-state index contributed by atoms with van der Waals surface area (Å²) in [7, 11) is 0. The van der Waals surface area contributed by atoms with Crippen LogP contribution in [0.1, 0.15) is 41.5 Å². The second-order valence-electron chi connectivity index (χ2n) is 9.22. The summed E-state index contributed by atoms with van der Waals surface area (Å²) >= 11 is 1.52. The van der Waals surface area contributed by atoms with Crippen LogP contribution in [0.3, 0.4) is 0 Å².